The lowest BCUT2D eigenvalue weighted by Gasteiger charge is -2.40. The van der Waals surface area contributed by atoms with Crippen molar-refractivity contribution in [2.75, 3.05) is 13.6 Å². The third-order valence-electron chi connectivity index (χ3n) is 2.96. The second-order valence-electron chi connectivity index (χ2n) is 3.88. The van der Waals surface area contributed by atoms with Crippen LogP contribution in [0.25, 0.3) is 0 Å². The van der Waals surface area contributed by atoms with E-state index in [1.54, 1.807) is 7.05 Å². The molecule has 2 nitrogen and oxygen atoms in total. The normalized spacial score (nSPS) is 21.0. The number of nitrogens with two attached hydrogens (primary N) is 1. The predicted molar refractivity (Wildman–Crippen MR) is 48.9 cm³/mol. The molecular weight excluding hydrogens is 193 g/mol. The van der Waals surface area contributed by atoms with Gasteiger partial charge in [0.25, 0.3) is 0 Å². The van der Waals surface area contributed by atoms with Gasteiger partial charge in [-0.15, -0.1) is 0 Å². The summed E-state index contributed by atoms with van der Waals surface area (Å²) in [5, 5.41) is 0. The van der Waals surface area contributed by atoms with E-state index in [1.165, 1.54) is 4.90 Å². The lowest BCUT2D eigenvalue weighted by atomic mass is 9.90. The highest BCUT2D eigenvalue weighted by Crippen LogP contribution is 2.32. The van der Waals surface area contributed by atoms with Crippen molar-refractivity contribution in [1.29, 1.82) is 0 Å². The van der Waals surface area contributed by atoms with Crippen LogP contribution in [0.15, 0.2) is 0 Å². The van der Waals surface area contributed by atoms with E-state index in [0.717, 1.165) is 19.3 Å². The van der Waals surface area contributed by atoms with Gasteiger partial charge in [0.1, 0.15) is 6.04 Å². The fourth-order valence-corrected chi connectivity index (χ4v) is 1.80. The lowest BCUT2D eigenvalue weighted by molar-refractivity contribution is -0.190. The highest BCUT2D eigenvalue weighted by molar-refractivity contribution is 4.86. The first-order valence-corrected chi connectivity index (χ1v) is 4.95. The maximum absolute atomic E-state index is 12.6. The SMILES string of the molecule is CN(C1CCC1)C(CCN)C(F)(F)F. The molecule has 5 heteroatoms. The Morgan fingerprint density at radius 2 is 2.00 bits per heavy atom. The Labute approximate surface area is 82.2 Å². The highest BCUT2D eigenvalue weighted by atomic mass is 19.4. The molecule has 0 bridgehead atoms. The third-order valence-corrected chi connectivity index (χ3v) is 2.96. The van der Waals surface area contributed by atoms with Crippen molar-refractivity contribution >= 4 is 0 Å². The van der Waals surface area contributed by atoms with E-state index in [0.29, 0.717) is 0 Å². The van der Waals surface area contributed by atoms with Gasteiger partial charge in [0.15, 0.2) is 0 Å². The van der Waals surface area contributed by atoms with Crippen LogP contribution in [0.3, 0.4) is 0 Å². The molecule has 1 unspecified atom stereocenters. The van der Waals surface area contributed by atoms with E-state index in [9.17, 15) is 13.2 Å². The summed E-state index contributed by atoms with van der Waals surface area (Å²) in [5.41, 5.74) is 5.20. The van der Waals surface area contributed by atoms with Crippen LogP contribution in [0.1, 0.15) is 25.7 Å². The molecule has 1 atom stereocenters. The molecule has 0 spiro atoms. The van der Waals surface area contributed by atoms with Gasteiger partial charge in [-0.3, -0.25) is 4.90 Å². The number of halogens is 3. The summed E-state index contributed by atoms with van der Waals surface area (Å²) in [6.07, 6.45) is -1.34. The highest BCUT2D eigenvalue weighted by Gasteiger charge is 2.44. The molecular formula is C9H17F3N2. The van der Waals surface area contributed by atoms with Crippen molar-refractivity contribution in [3.05, 3.63) is 0 Å². The minimum Gasteiger partial charge on any atom is -0.330 e. The van der Waals surface area contributed by atoms with Gasteiger partial charge in [0.05, 0.1) is 0 Å². The van der Waals surface area contributed by atoms with Crippen LogP contribution in [0, 0.1) is 0 Å². The Morgan fingerprint density at radius 3 is 2.29 bits per heavy atom. The van der Waals surface area contributed by atoms with Crippen molar-refractivity contribution in [1.82, 2.24) is 4.90 Å². The Hall–Kier alpha value is -0.290. The minimum atomic E-state index is -4.15. The Morgan fingerprint density at radius 1 is 1.43 bits per heavy atom. The van der Waals surface area contributed by atoms with Crippen LogP contribution in [0.5, 0.6) is 0 Å². The second kappa shape index (κ2) is 4.49. The Balaban J connectivity index is 2.56. The van der Waals surface area contributed by atoms with Crippen LogP contribution in [-0.4, -0.2) is 36.8 Å². The molecule has 84 valence electrons. The molecule has 1 rings (SSSR count). The summed E-state index contributed by atoms with van der Waals surface area (Å²) < 4.78 is 37.7. The minimum absolute atomic E-state index is 0.00347. The number of hydrogen-bond donors (Lipinski definition) is 1. The predicted octanol–water partition coefficient (Wildman–Crippen LogP) is 1.75. The summed E-state index contributed by atoms with van der Waals surface area (Å²) in [7, 11) is 1.55. The Kier molecular flexibility index (Phi) is 3.78. The number of hydrogen-bond acceptors (Lipinski definition) is 2. The summed E-state index contributed by atoms with van der Waals surface area (Å²) in [6.45, 7) is 0.0846. The van der Waals surface area contributed by atoms with Crippen LogP contribution in [0.4, 0.5) is 13.2 Å². The fourth-order valence-electron chi connectivity index (χ4n) is 1.80. The van der Waals surface area contributed by atoms with Crippen LogP contribution < -0.4 is 5.73 Å². The van der Waals surface area contributed by atoms with E-state index in [4.69, 9.17) is 5.73 Å². The van der Waals surface area contributed by atoms with Crippen molar-refractivity contribution in [2.24, 2.45) is 5.73 Å². The maximum atomic E-state index is 12.6. The molecule has 0 amide bonds. The van der Waals surface area contributed by atoms with Gasteiger partial charge in [-0.1, -0.05) is 6.42 Å². The second-order valence-corrected chi connectivity index (χ2v) is 3.88. The largest absolute Gasteiger partial charge is 0.404 e. The third kappa shape index (κ3) is 2.60. The van der Waals surface area contributed by atoms with Gasteiger partial charge in [-0.2, -0.15) is 13.2 Å². The van der Waals surface area contributed by atoms with Crippen LogP contribution >= 0.6 is 0 Å². The molecule has 14 heavy (non-hydrogen) atoms. The average molecular weight is 210 g/mol. The molecule has 0 aromatic rings. The van der Waals surface area contributed by atoms with E-state index in [1.807, 2.05) is 0 Å². The van der Waals surface area contributed by atoms with Crippen LogP contribution in [0.2, 0.25) is 0 Å². The quantitative estimate of drug-likeness (QED) is 0.766. The lowest BCUT2D eigenvalue weighted by Crippen LogP contribution is -2.51. The van der Waals surface area contributed by atoms with Gasteiger partial charge in [-0.05, 0) is 32.9 Å². The first-order valence-electron chi connectivity index (χ1n) is 4.95. The van der Waals surface area contributed by atoms with Gasteiger partial charge in [0.2, 0.25) is 0 Å². The number of alkyl halides is 3. The molecule has 0 radical (unpaired) electrons. The van der Waals surface area contributed by atoms with Gasteiger partial charge in [0, 0.05) is 6.04 Å². The molecule has 1 saturated carbocycles. The summed E-state index contributed by atoms with van der Waals surface area (Å²) in [5.74, 6) is 0. The zero-order chi connectivity index (χ0) is 10.8. The molecule has 0 saturated heterocycles. The van der Waals surface area contributed by atoms with Crippen molar-refractivity contribution in [3.8, 4) is 0 Å². The molecule has 2 N–H and O–H groups in total. The molecule has 0 heterocycles. The van der Waals surface area contributed by atoms with Gasteiger partial charge >= 0.3 is 6.18 Å². The van der Waals surface area contributed by atoms with E-state index >= 15 is 0 Å². The number of nitrogens with zero attached hydrogens (tertiary/aromatic N) is 1. The molecule has 0 aromatic carbocycles. The zero-order valence-electron chi connectivity index (χ0n) is 8.35. The van der Waals surface area contributed by atoms with E-state index in [2.05, 4.69) is 0 Å². The molecule has 0 aromatic heterocycles. The van der Waals surface area contributed by atoms with Gasteiger partial charge < -0.3 is 5.73 Å². The fraction of sp³-hybridized carbons (Fsp3) is 1.00. The number of rotatable bonds is 4. The maximum Gasteiger partial charge on any atom is 0.404 e. The molecule has 1 fully saturated rings. The summed E-state index contributed by atoms with van der Waals surface area (Å²) in [4.78, 5) is 1.44. The molecule has 0 aliphatic heterocycles. The van der Waals surface area contributed by atoms with Crippen molar-refractivity contribution in [3.63, 3.8) is 0 Å². The first kappa shape index (κ1) is 11.8. The topological polar surface area (TPSA) is 29.3 Å². The van der Waals surface area contributed by atoms with E-state index < -0.39 is 12.2 Å². The summed E-state index contributed by atoms with van der Waals surface area (Å²) in [6, 6.07) is -1.26. The van der Waals surface area contributed by atoms with Crippen LogP contribution in [-0.2, 0) is 0 Å². The van der Waals surface area contributed by atoms with E-state index in [-0.39, 0.29) is 19.0 Å². The average Bonchev–Trinajstić information content (AvgIpc) is 1.93. The zero-order valence-corrected chi connectivity index (χ0v) is 8.35. The monoisotopic (exact) mass is 210 g/mol. The standard InChI is InChI=1S/C9H17F3N2/c1-14(7-3-2-4-7)8(5-6-13)9(10,11)12/h7-8H,2-6,13H2,1H3. The Bertz CT molecular complexity index is 177. The van der Waals surface area contributed by atoms with Crippen molar-refractivity contribution in [2.45, 2.75) is 43.9 Å². The molecule has 1 aliphatic carbocycles. The smallest absolute Gasteiger partial charge is 0.330 e. The van der Waals surface area contributed by atoms with Gasteiger partial charge in [-0.25, -0.2) is 0 Å². The van der Waals surface area contributed by atoms with Crippen molar-refractivity contribution < 1.29 is 13.2 Å². The molecule has 1 aliphatic rings. The first-order chi connectivity index (χ1) is 6.46. The summed E-state index contributed by atoms with van der Waals surface area (Å²) >= 11 is 0.